The Hall–Kier alpha value is -1.41. The number of nitrogens with two attached hydrogens (primary N) is 1. The first-order chi connectivity index (χ1) is 7.15. The summed E-state index contributed by atoms with van der Waals surface area (Å²) in [6.07, 6.45) is 5.35. The molecular weight excluding hydrogens is 202 g/mol. The average Bonchev–Trinajstić information content (AvgIpc) is 2.18. The lowest BCUT2D eigenvalue weighted by molar-refractivity contribution is 1.36. The van der Waals surface area contributed by atoms with E-state index in [1.807, 2.05) is 37.3 Å². The van der Waals surface area contributed by atoms with Crippen LogP contribution in [-0.4, -0.2) is 0 Å². The minimum atomic E-state index is 0.694. The van der Waals surface area contributed by atoms with Crippen LogP contribution in [0.1, 0.15) is 12.5 Å². The van der Waals surface area contributed by atoms with E-state index in [-0.39, 0.29) is 0 Å². The fourth-order valence-electron chi connectivity index (χ4n) is 1.32. The summed E-state index contributed by atoms with van der Waals surface area (Å²) < 4.78 is 0. The van der Waals surface area contributed by atoms with Crippen molar-refractivity contribution >= 4 is 18.2 Å². The van der Waals surface area contributed by atoms with Crippen molar-refractivity contribution in [2.45, 2.75) is 11.8 Å². The molecule has 0 aliphatic heterocycles. The van der Waals surface area contributed by atoms with E-state index in [9.17, 15) is 0 Å². The van der Waals surface area contributed by atoms with Gasteiger partial charge in [0.1, 0.15) is 0 Å². The first kappa shape index (κ1) is 11.7. The maximum Gasteiger partial charge on any atom is 0.0316 e. The van der Waals surface area contributed by atoms with Gasteiger partial charge in [-0.2, -0.15) is 0 Å². The second kappa shape index (κ2) is 5.47. The van der Waals surface area contributed by atoms with Crippen molar-refractivity contribution in [1.29, 1.82) is 0 Å². The number of hydrogen-bond donors (Lipinski definition) is 2. The van der Waals surface area contributed by atoms with Gasteiger partial charge in [-0.25, -0.2) is 0 Å². The molecule has 0 unspecified atom stereocenters. The van der Waals surface area contributed by atoms with E-state index in [2.05, 4.69) is 19.2 Å². The first-order valence-electron chi connectivity index (χ1n) is 4.70. The van der Waals surface area contributed by atoms with Gasteiger partial charge in [0.2, 0.25) is 0 Å². The van der Waals surface area contributed by atoms with Crippen LogP contribution in [0.15, 0.2) is 59.7 Å². The van der Waals surface area contributed by atoms with Crippen molar-refractivity contribution in [3.63, 3.8) is 0 Å². The van der Waals surface area contributed by atoms with Gasteiger partial charge in [0.15, 0.2) is 0 Å². The van der Waals surface area contributed by atoms with Crippen LogP contribution in [0.25, 0.3) is 5.57 Å². The van der Waals surface area contributed by atoms with Gasteiger partial charge in [-0.3, -0.25) is 0 Å². The van der Waals surface area contributed by atoms with E-state index in [4.69, 9.17) is 5.73 Å². The van der Waals surface area contributed by atoms with Crippen LogP contribution in [0.3, 0.4) is 0 Å². The second-order valence-electron chi connectivity index (χ2n) is 3.25. The largest absolute Gasteiger partial charge is 0.399 e. The Labute approximate surface area is 96.4 Å². The molecule has 0 saturated heterocycles. The fourth-order valence-corrected chi connectivity index (χ4v) is 1.66. The van der Waals surface area contributed by atoms with Crippen LogP contribution in [-0.2, 0) is 0 Å². The zero-order valence-electron chi connectivity index (χ0n) is 8.77. The van der Waals surface area contributed by atoms with Crippen LogP contribution < -0.4 is 5.73 Å². The number of allylic oxidation sites excluding steroid dienone is 4. The van der Waals surface area contributed by atoms with Gasteiger partial charge in [-0.15, -0.1) is 12.6 Å². The Morgan fingerprint density at radius 2 is 2.07 bits per heavy atom. The van der Waals surface area contributed by atoms with Gasteiger partial charge in [-0.1, -0.05) is 30.9 Å². The van der Waals surface area contributed by atoms with E-state index >= 15 is 0 Å². The fraction of sp³-hybridized carbons (Fsp3) is 0.0769. The summed E-state index contributed by atoms with van der Waals surface area (Å²) in [7, 11) is 0. The Kier molecular flexibility index (Phi) is 4.25. The summed E-state index contributed by atoms with van der Waals surface area (Å²) >= 11 is 4.39. The summed E-state index contributed by atoms with van der Waals surface area (Å²) in [5.74, 6) is 0. The summed E-state index contributed by atoms with van der Waals surface area (Å²) in [5.41, 5.74) is 8.65. The van der Waals surface area contributed by atoms with Crippen LogP contribution in [0.4, 0.5) is 0 Å². The van der Waals surface area contributed by atoms with Crippen molar-refractivity contribution in [3.05, 3.63) is 60.3 Å². The third-order valence-electron chi connectivity index (χ3n) is 2.02. The maximum absolute atomic E-state index is 5.76. The SMILES string of the molecule is C=C/C=C(N)\C=C(/C)c1ccccc1S. The summed E-state index contributed by atoms with van der Waals surface area (Å²) in [6, 6.07) is 7.93. The van der Waals surface area contributed by atoms with Crippen molar-refractivity contribution in [2.75, 3.05) is 0 Å². The first-order valence-corrected chi connectivity index (χ1v) is 5.14. The van der Waals surface area contributed by atoms with Crippen LogP contribution >= 0.6 is 12.6 Å². The Morgan fingerprint density at radius 1 is 1.40 bits per heavy atom. The molecule has 0 amide bonds. The predicted molar refractivity (Wildman–Crippen MR) is 69.8 cm³/mol. The van der Waals surface area contributed by atoms with E-state index in [0.29, 0.717) is 5.70 Å². The minimum Gasteiger partial charge on any atom is -0.399 e. The Balaban J connectivity index is 3.04. The highest BCUT2D eigenvalue weighted by Gasteiger charge is 1.99. The molecule has 0 saturated carbocycles. The molecule has 0 aliphatic rings. The van der Waals surface area contributed by atoms with E-state index in [1.54, 1.807) is 12.2 Å². The molecule has 1 rings (SSSR count). The van der Waals surface area contributed by atoms with Crippen molar-refractivity contribution < 1.29 is 0 Å². The summed E-state index contributed by atoms with van der Waals surface area (Å²) in [5, 5.41) is 0. The number of thiol groups is 1. The number of benzene rings is 1. The third kappa shape index (κ3) is 3.33. The molecular formula is C13H15NS. The van der Waals surface area contributed by atoms with Crippen molar-refractivity contribution in [2.24, 2.45) is 5.73 Å². The summed E-state index contributed by atoms with van der Waals surface area (Å²) in [4.78, 5) is 0.956. The van der Waals surface area contributed by atoms with Crippen LogP contribution in [0.2, 0.25) is 0 Å². The lowest BCUT2D eigenvalue weighted by atomic mass is 10.1. The average molecular weight is 217 g/mol. The van der Waals surface area contributed by atoms with Crippen molar-refractivity contribution in [1.82, 2.24) is 0 Å². The lowest BCUT2D eigenvalue weighted by Crippen LogP contribution is -1.93. The molecule has 0 fully saturated rings. The smallest absolute Gasteiger partial charge is 0.0316 e. The second-order valence-corrected chi connectivity index (χ2v) is 3.73. The molecule has 0 aliphatic carbocycles. The maximum atomic E-state index is 5.76. The highest BCUT2D eigenvalue weighted by atomic mass is 32.1. The molecule has 1 nitrogen and oxygen atoms in total. The van der Waals surface area contributed by atoms with E-state index in [0.717, 1.165) is 16.0 Å². The molecule has 1 aromatic rings. The molecule has 1 aromatic carbocycles. The Morgan fingerprint density at radius 3 is 2.67 bits per heavy atom. The molecule has 0 aromatic heterocycles. The number of rotatable bonds is 3. The molecule has 0 spiro atoms. The zero-order chi connectivity index (χ0) is 11.3. The molecule has 2 heteroatoms. The van der Waals surface area contributed by atoms with Gasteiger partial charge in [0, 0.05) is 10.6 Å². The molecule has 0 radical (unpaired) electrons. The standard InChI is InChI=1S/C13H15NS/c1-3-6-11(14)9-10(2)12-7-4-5-8-13(12)15/h3-9,15H,1,14H2,2H3/b10-9+,11-6+. The quantitative estimate of drug-likeness (QED) is 0.589. The van der Waals surface area contributed by atoms with Gasteiger partial charge < -0.3 is 5.73 Å². The minimum absolute atomic E-state index is 0.694. The number of hydrogen-bond acceptors (Lipinski definition) is 2. The highest BCUT2D eigenvalue weighted by molar-refractivity contribution is 7.80. The lowest BCUT2D eigenvalue weighted by Gasteiger charge is -2.04. The molecule has 0 bridgehead atoms. The van der Waals surface area contributed by atoms with Gasteiger partial charge >= 0.3 is 0 Å². The predicted octanol–water partition coefficient (Wildman–Crippen LogP) is 3.41. The molecule has 2 N–H and O–H groups in total. The van der Waals surface area contributed by atoms with Gasteiger partial charge in [-0.05, 0) is 36.3 Å². The van der Waals surface area contributed by atoms with Gasteiger partial charge in [0.05, 0.1) is 0 Å². The molecule has 0 heterocycles. The van der Waals surface area contributed by atoms with Crippen molar-refractivity contribution in [3.8, 4) is 0 Å². The molecule has 0 atom stereocenters. The monoisotopic (exact) mass is 217 g/mol. The Bertz CT molecular complexity index is 416. The van der Waals surface area contributed by atoms with E-state index in [1.165, 1.54) is 0 Å². The van der Waals surface area contributed by atoms with E-state index < -0.39 is 0 Å². The normalized spacial score (nSPS) is 12.7. The topological polar surface area (TPSA) is 26.0 Å². The third-order valence-corrected chi connectivity index (χ3v) is 2.41. The summed E-state index contributed by atoms with van der Waals surface area (Å²) in [6.45, 7) is 5.61. The molecule has 78 valence electrons. The highest BCUT2D eigenvalue weighted by Crippen LogP contribution is 2.22. The van der Waals surface area contributed by atoms with Gasteiger partial charge in [0.25, 0.3) is 0 Å². The van der Waals surface area contributed by atoms with Crippen LogP contribution in [0, 0.1) is 0 Å². The van der Waals surface area contributed by atoms with Crippen LogP contribution in [0.5, 0.6) is 0 Å². The molecule has 15 heavy (non-hydrogen) atoms. The zero-order valence-corrected chi connectivity index (χ0v) is 9.67.